The third kappa shape index (κ3) is 3.92. The molecule has 2 unspecified atom stereocenters. The highest BCUT2D eigenvalue weighted by atomic mass is 35.5. The summed E-state index contributed by atoms with van der Waals surface area (Å²) < 4.78 is 26.9. The Balaban J connectivity index is 1.37. The zero-order chi connectivity index (χ0) is 19.9. The standard InChI is InChI=1S/C20H20Cl2N2O3S/c21-15-4-6-17(7-5-15)28(26,27)24-10-8-23(9-11-24)20(25)19-13-18(19)14-2-1-3-16(22)12-14/h1-7,12,18-19H,8-11,13H2. The summed E-state index contributed by atoms with van der Waals surface area (Å²) >= 11 is 11.9. The largest absolute Gasteiger partial charge is 0.340 e. The molecule has 0 spiro atoms. The van der Waals surface area contributed by atoms with Crippen LogP contribution in [0.4, 0.5) is 0 Å². The number of carbonyl (C=O) groups excluding carboxylic acids is 1. The molecule has 2 fully saturated rings. The second kappa shape index (κ2) is 7.67. The lowest BCUT2D eigenvalue weighted by Gasteiger charge is -2.34. The molecule has 1 saturated carbocycles. The molecule has 4 rings (SSSR count). The van der Waals surface area contributed by atoms with Gasteiger partial charge in [-0.25, -0.2) is 8.42 Å². The van der Waals surface area contributed by atoms with Crippen molar-refractivity contribution < 1.29 is 13.2 Å². The average molecular weight is 439 g/mol. The number of sulfonamides is 1. The number of hydrogen-bond donors (Lipinski definition) is 0. The molecule has 1 aliphatic heterocycles. The lowest BCUT2D eigenvalue weighted by molar-refractivity contribution is -0.133. The fourth-order valence-electron chi connectivity index (χ4n) is 3.71. The van der Waals surface area contributed by atoms with Crippen LogP contribution in [-0.4, -0.2) is 49.7 Å². The van der Waals surface area contributed by atoms with Crippen molar-refractivity contribution in [3.8, 4) is 0 Å². The molecule has 1 amide bonds. The molecule has 0 radical (unpaired) electrons. The molecule has 0 N–H and O–H groups in total. The van der Waals surface area contributed by atoms with E-state index in [4.69, 9.17) is 23.2 Å². The molecule has 5 nitrogen and oxygen atoms in total. The Hall–Kier alpha value is -1.60. The maximum absolute atomic E-state index is 12.8. The van der Waals surface area contributed by atoms with E-state index >= 15 is 0 Å². The smallest absolute Gasteiger partial charge is 0.243 e. The normalized spacial score (nSPS) is 22.9. The van der Waals surface area contributed by atoms with Crippen molar-refractivity contribution in [3.05, 3.63) is 64.1 Å². The second-order valence-corrected chi connectivity index (χ2v) is 10.00. The van der Waals surface area contributed by atoms with Gasteiger partial charge in [-0.1, -0.05) is 35.3 Å². The van der Waals surface area contributed by atoms with Gasteiger partial charge in [-0.2, -0.15) is 4.31 Å². The van der Waals surface area contributed by atoms with Crippen molar-refractivity contribution in [2.45, 2.75) is 17.2 Å². The van der Waals surface area contributed by atoms with Crippen LogP contribution in [0.1, 0.15) is 17.9 Å². The van der Waals surface area contributed by atoms with Gasteiger partial charge in [-0.15, -0.1) is 0 Å². The number of rotatable bonds is 4. The first kappa shape index (κ1) is 19.7. The predicted molar refractivity (Wildman–Crippen MR) is 109 cm³/mol. The maximum Gasteiger partial charge on any atom is 0.243 e. The van der Waals surface area contributed by atoms with Gasteiger partial charge in [0.25, 0.3) is 0 Å². The molecule has 148 valence electrons. The molecule has 2 atom stereocenters. The number of carbonyl (C=O) groups is 1. The van der Waals surface area contributed by atoms with Crippen molar-refractivity contribution in [1.82, 2.24) is 9.21 Å². The minimum Gasteiger partial charge on any atom is -0.340 e. The zero-order valence-corrected chi connectivity index (χ0v) is 17.4. The first-order chi connectivity index (χ1) is 13.4. The van der Waals surface area contributed by atoms with Gasteiger partial charge in [-0.05, 0) is 54.3 Å². The Bertz CT molecular complexity index is 987. The zero-order valence-electron chi connectivity index (χ0n) is 15.1. The minimum atomic E-state index is -3.57. The lowest BCUT2D eigenvalue weighted by Crippen LogP contribution is -2.51. The SMILES string of the molecule is O=C(C1CC1c1cccc(Cl)c1)N1CCN(S(=O)(=O)c2ccc(Cl)cc2)CC1. The van der Waals surface area contributed by atoms with Crippen LogP contribution in [0.25, 0.3) is 0 Å². The molecule has 8 heteroatoms. The highest BCUT2D eigenvalue weighted by Crippen LogP contribution is 2.49. The van der Waals surface area contributed by atoms with Gasteiger partial charge in [0.15, 0.2) is 0 Å². The molecule has 1 heterocycles. The summed E-state index contributed by atoms with van der Waals surface area (Å²) in [6.07, 6.45) is 0.822. The molecule has 0 aromatic heterocycles. The summed E-state index contributed by atoms with van der Waals surface area (Å²) in [6, 6.07) is 13.8. The van der Waals surface area contributed by atoms with Crippen LogP contribution in [0.3, 0.4) is 0 Å². The highest BCUT2D eigenvalue weighted by Gasteiger charge is 2.46. The molecule has 1 saturated heterocycles. The number of hydrogen-bond acceptors (Lipinski definition) is 3. The van der Waals surface area contributed by atoms with Gasteiger partial charge in [0.1, 0.15) is 0 Å². The molecule has 2 aromatic carbocycles. The van der Waals surface area contributed by atoms with Crippen molar-refractivity contribution in [3.63, 3.8) is 0 Å². The van der Waals surface area contributed by atoms with Crippen LogP contribution in [0.15, 0.2) is 53.4 Å². The number of nitrogens with zero attached hydrogens (tertiary/aromatic N) is 2. The van der Waals surface area contributed by atoms with Gasteiger partial charge >= 0.3 is 0 Å². The van der Waals surface area contributed by atoms with Crippen LogP contribution in [0.2, 0.25) is 10.0 Å². The Morgan fingerprint density at radius 2 is 1.61 bits per heavy atom. The van der Waals surface area contributed by atoms with E-state index in [-0.39, 0.29) is 22.6 Å². The molecule has 28 heavy (non-hydrogen) atoms. The average Bonchev–Trinajstić information content (AvgIpc) is 3.49. The van der Waals surface area contributed by atoms with Gasteiger partial charge in [-0.3, -0.25) is 4.79 Å². The first-order valence-electron chi connectivity index (χ1n) is 9.16. The fraction of sp³-hybridized carbons (Fsp3) is 0.350. The second-order valence-electron chi connectivity index (χ2n) is 7.19. The van der Waals surface area contributed by atoms with E-state index in [9.17, 15) is 13.2 Å². The number of halogens is 2. The van der Waals surface area contributed by atoms with E-state index in [0.717, 1.165) is 12.0 Å². The van der Waals surface area contributed by atoms with Crippen LogP contribution in [-0.2, 0) is 14.8 Å². The molecule has 2 aliphatic rings. The van der Waals surface area contributed by atoms with Crippen LogP contribution in [0, 0.1) is 5.92 Å². The van der Waals surface area contributed by atoms with Crippen molar-refractivity contribution >= 4 is 39.1 Å². The highest BCUT2D eigenvalue weighted by molar-refractivity contribution is 7.89. The minimum absolute atomic E-state index is 0.0297. The van der Waals surface area contributed by atoms with Gasteiger partial charge in [0, 0.05) is 42.1 Å². The molecular weight excluding hydrogens is 419 g/mol. The van der Waals surface area contributed by atoms with Crippen LogP contribution >= 0.6 is 23.2 Å². The van der Waals surface area contributed by atoms with Crippen molar-refractivity contribution in [2.24, 2.45) is 5.92 Å². The molecule has 1 aliphatic carbocycles. The third-order valence-corrected chi connectivity index (χ3v) is 7.79. The van der Waals surface area contributed by atoms with Crippen LogP contribution in [0.5, 0.6) is 0 Å². The van der Waals surface area contributed by atoms with Gasteiger partial charge in [0.05, 0.1) is 4.90 Å². The van der Waals surface area contributed by atoms with Crippen molar-refractivity contribution in [2.75, 3.05) is 26.2 Å². The Kier molecular flexibility index (Phi) is 5.40. The molecular formula is C20H20Cl2N2O3S. The third-order valence-electron chi connectivity index (χ3n) is 5.39. The summed E-state index contributed by atoms with van der Waals surface area (Å²) in [6.45, 7) is 1.41. The summed E-state index contributed by atoms with van der Waals surface area (Å²) in [5.41, 5.74) is 1.09. The van der Waals surface area contributed by atoms with E-state index in [1.54, 1.807) is 17.0 Å². The quantitative estimate of drug-likeness (QED) is 0.731. The van der Waals surface area contributed by atoms with Crippen LogP contribution < -0.4 is 0 Å². The topological polar surface area (TPSA) is 57.7 Å². The summed E-state index contributed by atoms with van der Waals surface area (Å²) in [7, 11) is -3.57. The number of benzene rings is 2. The Morgan fingerprint density at radius 1 is 0.929 bits per heavy atom. The Labute approximate surface area is 174 Å². The summed E-state index contributed by atoms with van der Waals surface area (Å²) in [5.74, 6) is 0.286. The molecule has 2 aromatic rings. The summed E-state index contributed by atoms with van der Waals surface area (Å²) in [5, 5.41) is 1.17. The number of amides is 1. The number of piperazine rings is 1. The lowest BCUT2D eigenvalue weighted by atomic mass is 10.1. The monoisotopic (exact) mass is 438 g/mol. The molecule has 0 bridgehead atoms. The van der Waals surface area contributed by atoms with Gasteiger partial charge < -0.3 is 4.90 Å². The maximum atomic E-state index is 12.8. The van der Waals surface area contributed by atoms with E-state index in [2.05, 4.69) is 0 Å². The fourth-order valence-corrected chi connectivity index (χ4v) is 5.46. The first-order valence-corrected chi connectivity index (χ1v) is 11.4. The van der Waals surface area contributed by atoms with E-state index in [1.807, 2.05) is 24.3 Å². The van der Waals surface area contributed by atoms with E-state index in [1.165, 1.54) is 16.4 Å². The van der Waals surface area contributed by atoms with E-state index < -0.39 is 10.0 Å². The van der Waals surface area contributed by atoms with Crippen molar-refractivity contribution in [1.29, 1.82) is 0 Å². The predicted octanol–water partition coefficient (Wildman–Crippen LogP) is 3.63. The Morgan fingerprint density at radius 3 is 2.25 bits per heavy atom. The van der Waals surface area contributed by atoms with Gasteiger partial charge in [0.2, 0.25) is 15.9 Å². The van der Waals surface area contributed by atoms with E-state index in [0.29, 0.717) is 36.2 Å². The summed E-state index contributed by atoms with van der Waals surface area (Å²) in [4.78, 5) is 14.8.